The number of amides is 1. The number of methoxy groups -OCH3 is 1. The molecule has 0 aliphatic carbocycles. The standard InChI is InChI=1S/C24H21N3O3/c1-29-21-10-6-5-9-20(21)23-26-22(30-27-23)15-16-25-24(28)19-13-11-18(12-14-19)17-7-3-2-4-8-17/h2-14H,15-16H2,1H3,(H,25,28). The first-order valence-electron chi connectivity index (χ1n) is 9.64. The van der Waals surface area contributed by atoms with Crippen LogP contribution in [0.4, 0.5) is 0 Å². The third-order valence-electron chi connectivity index (χ3n) is 4.69. The van der Waals surface area contributed by atoms with Crippen molar-refractivity contribution in [2.45, 2.75) is 6.42 Å². The van der Waals surface area contributed by atoms with Gasteiger partial charge in [-0.25, -0.2) is 0 Å². The molecular formula is C24H21N3O3. The number of rotatable bonds is 7. The van der Waals surface area contributed by atoms with Gasteiger partial charge in [0.2, 0.25) is 11.7 Å². The van der Waals surface area contributed by atoms with Crippen LogP contribution in [-0.2, 0) is 6.42 Å². The summed E-state index contributed by atoms with van der Waals surface area (Å²) in [4.78, 5) is 16.8. The molecule has 0 radical (unpaired) electrons. The Morgan fingerprint density at radius 1 is 0.933 bits per heavy atom. The van der Waals surface area contributed by atoms with Crippen LogP contribution >= 0.6 is 0 Å². The zero-order chi connectivity index (χ0) is 20.8. The molecule has 1 heterocycles. The molecule has 150 valence electrons. The van der Waals surface area contributed by atoms with Crippen LogP contribution in [0.1, 0.15) is 16.2 Å². The number of ether oxygens (including phenoxy) is 1. The van der Waals surface area contributed by atoms with Gasteiger partial charge in [0.25, 0.3) is 5.91 Å². The summed E-state index contributed by atoms with van der Waals surface area (Å²) in [6.07, 6.45) is 0.440. The highest BCUT2D eigenvalue weighted by Crippen LogP contribution is 2.27. The minimum Gasteiger partial charge on any atom is -0.496 e. The van der Waals surface area contributed by atoms with Crippen molar-refractivity contribution in [3.8, 4) is 28.3 Å². The Kier molecular flexibility index (Phi) is 5.85. The van der Waals surface area contributed by atoms with E-state index in [2.05, 4.69) is 15.5 Å². The molecule has 4 aromatic rings. The second kappa shape index (κ2) is 9.05. The summed E-state index contributed by atoms with van der Waals surface area (Å²) < 4.78 is 10.6. The number of hydrogen-bond donors (Lipinski definition) is 1. The van der Waals surface area contributed by atoms with Crippen molar-refractivity contribution >= 4 is 5.91 Å². The number of benzene rings is 3. The second-order valence-corrected chi connectivity index (χ2v) is 6.66. The van der Waals surface area contributed by atoms with Gasteiger partial charge in [-0.1, -0.05) is 59.8 Å². The molecular weight excluding hydrogens is 378 g/mol. The molecule has 0 aliphatic heterocycles. The highest BCUT2D eigenvalue weighted by molar-refractivity contribution is 5.94. The molecule has 6 nitrogen and oxygen atoms in total. The summed E-state index contributed by atoms with van der Waals surface area (Å²) in [6, 6.07) is 25.1. The van der Waals surface area contributed by atoms with Gasteiger partial charge in [-0.3, -0.25) is 4.79 Å². The first-order valence-corrected chi connectivity index (χ1v) is 9.64. The Bertz CT molecular complexity index is 1120. The Morgan fingerprint density at radius 3 is 2.40 bits per heavy atom. The maximum Gasteiger partial charge on any atom is 0.251 e. The number of nitrogens with zero attached hydrogens (tertiary/aromatic N) is 2. The van der Waals surface area contributed by atoms with Crippen molar-refractivity contribution in [3.63, 3.8) is 0 Å². The number of carbonyl (C=O) groups excluding carboxylic acids is 1. The van der Waals surface area contributed by atoms with Crippen LogP contribution in [0.25, 0.3) is 22.5 Å². The molecule has 0 unspecified atom stereocenters. The maximum atomic E-state index is 12.4. The number of carbonyl (C=O) groups is 1. The molecule has 1 N–H and O–H groups in total. The molecule has 0 saturated carbocycles. The molecule has 3 aromatic carbocycles. The normalized spacial score (nSPS) is 10.6. The molecule has 0 saturated heterocycles. The van der Waals surface area contributed by atoms with Crippen LogP contribution in [0, 0.1) is 0 Å². The summed E-state index contributed by atoms with van der Waals surface area (Å²) in [5, 5.41) is 6.90. The van der Waals surface area contributed by atoms with E-state index in [0.717, 1.165) is 16.7 Å². The molecule has 0 spiro atoms. The van der Waals surface area contributed by atoms with Crippen molar-refractivity contribution in [2.75, 3.05) is 13.7 Å². The predicted octanol–water partition coefficient (Wildman–Crippen LogP) is 4.38. The largest absolute Gasteiger partial charge is 0.496 e. The van der Waals surface area contributed by atoms with Crippen molar-refractivity contribution in [1.29, 1.82) is 0 Å². The smallest absolute Gasteiger partial charge is 0.251 e. The van der Waals surface area contributed by atoms with E-state index in [1.54, 1.807) is 7.11 Å². The highest BCUT2D eigenvalue weighted by atomic mass is 16.5. The number of nitrogens with one attached hydrogen (secondary N) is 1. The lowest BCUT2D eigenvalue weighted by atomic mass is 10.0. The summed E-state index contributed by atoms with van der Waals surface area (Å²) in [5.41, 5.74) is 3.56. The summed E-state index contributed by atoms with van der Waals surface area (Å²) in [5.74, 6) is 1.46. The number of aromatic nitrogens is 2. The molecule has 0 bridgehead atoms. The van der Waals surface area contributed by atoms with Crippen molar-refractivity contribution in [2.24, 2.45) is 0 Å². The third-order valence-corrected chi connectivity index (χ3v) is 4.69. The van der Waals surface area contributed by atoms with Crippen molar-refractivity contribution in [3.05, 3.63) is 90.3 Å². The fourth-order valence-corrected chi connectivity index (χ4v) is 3.12. The number of para-hydroxylation sites is 1. The SMILES string of the molecule is COc1ccccc1-c1noc(CCNC(=O)c2ccc(-c3ccccc3)cc2)n1. The lowest BCUT2D eigenvalue weighted by molar-refractivity contribution is 0.0953. The zero-order valence-corrected chi connectivity index (χ0v) is 16.5. The van der Waals surface area contributed by atoms with Gasteiger partial charge in [0.15, 0.2) is 0 Å². The van der Waals surface area contributed by atoms with Crippen LogP contribution in [0.3, 0.4) is 0 Å². The highest BCUT2D eigenvalue weighted by Gasteiger charge is 2.13. The van der Waals surface area contributed by atoms with Crippen LogP contribution in [-0.4, -0.2) is 29.7 Å². The van der Waals surface area contributed by atoms with E-state index >= 15 is 0 Å². The quantitative estimate of drug-likeness (QED) is 0.499. The minimum absolute atomic E-state index is 0.140. The van der Waals surface area contributed by atoms with Gasteiger partial charge >= 0.3 is 0 Å². The van der Waals surface area contributed by atoms with Crippen molar-refractivity contribution in [1.82, 2.24) is 15.5 Å². The maximum absolute atomic E-state index is 12.4. The van der Waals surface area contributed by atoms with E-state index in [1.165, 1.54) is 0 Å². The molecule has 4 rings (SSSR count). The van der Waals surface area contributed by atoms with Gasteiger partial charge in [0.1, 0.15) is 5.75 Å². The Labute approximate surface area is 174 Å². The van der Waals surface area contributed by atoms with E-state index < -0.39 is 0 Å². The fourth-order valence-electron chi connectivity index (χ4n) is 3.12. The molecule has 0 atom stereocenters. The van der Waals surface area contributed by atoms with Gasteiger partial charge in [0.05, 0.1) is 12.7 Å². The van der Waals surface area contributed by atoms with Crippen LogP contribution in [0.5, 0.6) is 5.75 Å². The van der Waals surface area contributed by atoms with Crippen LogP contribution in [0.2, 0.25) is 0 Å². The predicted molar refractivity (Wildman–Crippen MR) is 114 cm³/mol. The molecule has 0 fully saturated rings. The Balaban J connectivity index is 1.33. The van der Waals surface area contributed by atoms with Crippen LogP contribution in [0.15, 0.2) is 83.4 Å². The molecule has 6 heteroatoms. The first-order chi connectivity index (χ1) is 14.7. The van der Waals surface area contributed by atoms with Gasteiger partial charge in [-0.15, -0.1) is 0 Å². The number of hydrogen-bond acceptors (Lipinski definition) is 5. The summed E-state index contributed by atoms with van der Waals surface area (Å²) in [7, 11) is 1.60. The van der Waals surface area contributed by atoms with Gasteiger partial charge in [0, 0.05) is 18.5 Å². The Morgan fingerprint density at radius 2 is 1.63 bits per heavy atom. The Hall–Kier alpha value is -3.93. The lowest BCUT2D eigenvalue weighted by Crippen LogP contribution is -2.25. The molecule has 1 amide bonds. The lowest BCUT2D eigenvalue weighted by Gasteiger charge is -2.05. The molecule has 30 heavy (non-hydrogen) atoms. The minimum atomic E-state index is -0.140. The van der Waals surface area contributed by atoms with E-state index in [0.29, 0.717) is 36.0 Å². The van der Waals surface area contributed by atoms with Gasteiger partial charge in [-0.2, -0.15) is 4.98 Å². The van der Waals surface area contributed by atoms with E-state index in [-0.39, 0.29) is 5.91 Å². The fraction of sp³-hybridized carbons (Fsp3) is 0.125. The molecule has 0 aliphatic rings. The van der Waals surface area contributed by atoms with Crippen molar-refractivity contribution < 1.29 is 14.1 Å². The monoisotopic (exact) mass is 399 g/mol. The summed E-state index contributed by atoms with van der Waals surface area (Å²) >= 11 is 0. The average molecular weight is 399 g/mol. The second-order valence-electron chi connectivity index (χ2n) is 6.66. The zero-order valence-electron chi connectivity index (χ0n) is 16.5. The summed E-state index contributed by atoms with van der Waals surface area (Å²) in [6.45, 7) is 0.396. The molecule has 1 aromatic heterocycles. The van der Waals surface area contributed by atoms with E-state index in [1.807, 2.05) is 78.9 Å². The first kappa shape index (κ1) is 19.4. The van der Waals surface area contributed by atoms with Gasteiger partial charge in [-0.05, 0) is 35.4 Å². The van der Waals surface area contributed by atoms with Gasteiger partial charge < -0.3 is 14.6 Å². The van der Waals surface area contributed by atoms with E-state index in [9.17, 15) is 4.79 Å². The third kappa shape index (κ3) is 4.38. The topological polar surface area (TPSA) is 77.3 Å². The van der Waals surface area contributed by atoms with Crippen LogP contribution < -0.4 is 10.1 Å². The average Bonchev–Trinajstić information content (AvgIpc) is 3.28. The van der Waals surface area contributed by atoms with E-state index in [4.69, 9.17) is 9.26 Å².